The van der Waals surface area contributed by atoms with Crippen LogP contribution in [-0.2, 0) is 16.6 Å². The van der Waals surface area contributed by atoms with Gasteiger partial charge in [-0.25, -0.2) is 9.59 Å². The number of fused-ring (bicyclic) bond motifs is 2. The number of nitrogens with zero attached hydrogens (tertiary/aromatic N) is 2. The topological polar surface area (TPSA) is 60.9 Å². The number of rotatable bonds is 2. The molecule has 3 rings (SSSR count). The number of likely N-dealkylation sites (N-methyl/N-ethyl adjacent to an activating group) is 1. The number of carboxylic acids is 1. The molecular weight excluding hydrogens is 304 g/mol. The van der Waals surface area contributed by atoms with E-state index in [0.717, 1.165) is 25.7 Å². The van der Waals surface area contributed by atoms with Gasteiger partial charge >= 0.3 is 12.0 Å². The minimum atomic E-state index is -1.20. The zero-order chi connectivity index (χ0) is 17.5. The first-order valence-corrected chi connectivity index (χ1v) is 8.62. The lowest BCUT2D eigenvalue weighted by Crippen LogP contribution is -2.57. The van der Waals surface area contributed by atoms with E-state index < -0.39 is 11.5 Å². The highest BCUT2D eigenvalue weighted by atomic mass is 16.4. The summed E-state index contributed by atoms with van der Waals surface area (Å²) in [6.45, 7) is 4.50. The average molecular weight is 330 g/mol. The largest absolute Gasteiger partial charge is 0.480 e. The van der Waals surface area contributed by atoms with Gasteiger partial charge in [0.25, 0.3) is 0 Å². The van der Waals surface area contributed by atoms with Crippen molar-refractivity contribution in [3.05, 3.63) is 35.4 Å². The van der Waals surface area contributed by atoms with E-state index >= 15 is 0 Å². The van der Waals surface area contributed by atoms with E-state index in [1.807, 2.05) is 0 Å². The highest BCUT2D eigenvalue weighted by molar-refractivity contribution is 5.85. The summed E-state index contributed by atoms with van der Waals surface area (Å²) in [5, 5.41) is 9.32. The molecule has 2 aliphatic rings. The number of benzene rings is 1. The van der Waals surface area contributed by atoms with Gasteiger partial charge in [-0.3, -0.25) is 0 Å². The number of amides is 2. The number of aryl methyl sites for hydroxylation is 1. The molecule has 0 radical (unpaired) electrons. The Hall–Kier alpha value is -2.04. The summed E-state index contributed by atoms with van der Waals surface area (Å²) in [6, 6.07) is 8.46. The molecule has 1 N–H and O–H groups in total. The first-order valence-electron chi connectivity index (χ1n) is 8.62. The summed E-state index contributed by atoms with van der Waals surface area (Å²) in [5.41, 5.74) is 1.90. The second-order valence-electron chi connectivity index (χ2n) is 7.63. The first-order chi connectivity index (χ1) is 11.3. The van der Waals surface area contributed by atoms with E-state index in [9.17, 15) is 14.7 Å². The van der Waals surface area contributed by atoms with Gasteiger partial charge in [0.05, 0.1) is 0 Å². The quantitative estimate of drug-likeness (QED) is 0.907. The molecule has 1 aromatic carbocycles. The molecule has 1 aliphatic carbocycles. The number of urea groups is 1. The minimum Gasteiger partial charge on any atom is -0.480 e. The Labute approximate surface area is 143 Å². The summed E-state index contributed by atoms with van der Waals surface area (Å²) >= 11 is 0. The summed E-state index contributed by atoms with van der Waals surface area (Å²) in [6.07, 6.45) is 4.19. The van der Waals surface area contributed by atoms with Crippen molar-refractivity contribution in [2.45, 2.75) is 50.5 Å². The predicted octanol–water partition coefficient (Wildman–Crippen LogP) is 2.88. The van der Waals surface area contributed by atoms with Crippen LogP contribution in [0.4, 0.5) is 4.79 Å². The molecule has 0 aromatic heterocycles. The lowest BCUT2D eigenvalue weighted by Gasteiger charge is -2.43. The fourth-order valence-corrected chi connectivity index (χ4v) is 4.00. The molecule has 130 valence electrons. The molecule has 1 fully saturated rings. The van der Waals surface area contributed by atoms with Gasteiger partial charge in [0.2, 0.25) is 0 Å². The lowest BCUT2D eigenvalue weighted by molar-refractivity contribution is -0.147. The summed E-state index contributed by atoms with van der Waals surface area (Å²) in [5.74, 6) is -0.989. The van der Waals surface area contributed by atoms with Gasteiger partial charge in [0.15, 0.2) is 0 Å². The van der Waals surface area contributed by atoms with Gasteiger partial charge < -0.3 is 14.9 Å². The summed E-state index contributed by atoms with van der Waals surface area (Å²) < 4.78 is 0. The fourth-order valence-electron chi connectivity index (χ4n) is 4.00. The molecule has 1 saturated heterocycles. The zero-order valence-corrected chi connectivity index (χ0v) is 14.7. The Morgan fingerprint density at radius 1 is 1.17 bits per heavy atom. The number of hydrogen-bond donors (Lipinski definition) is 1. The third-order valence-corrected chi connectivity index (χ3v) is 6.10. The molecule has 0 atom stereocenters. The van der Waals surface area contributed by atoms with Crippen LogP contribution < -0.4 is 0 Å². The number of likely N-dealkylation sites (tertiary alicyclic amines) is 1. The number of aliphatic carboxylic acids is 1. The van der Waals surface area contributed by atoms with Crippen molar-refractivity contribution in [3.8, 4) is 0 Å². The second kappa shape index (κ2) is 5.80. The normalized spacial score (nSPS) is 19.2. The van der Waals surface area contributed by atoms with Crippen molar-refractivity contribution >= 4 is 12.0 Å². The number of carboxylic acid groups (broad SMARTS) is 1. The predicted molar refractivity (Wildman–Crippen MR) is 92.1 cm³/mol. The molecule has 1 aliphatic heterocycles. The van der Waals surface area contributed by atoms with Crippen molar-refractivity contribution in [3.63, 3.8) is 0 Å². The van der Waals surface area contributed by atoms with Crippen LogP contribution >= 0.6 is 0 Å². The van der Waals surface area contributed by atoms with Crippen LogP contribution in [0.1, 0.15) is 44.2 Å². The Morgan fingerprint density at radius 3 is 2.42 bits per heavy atom. The molecule has 1 aromatic rings. The van der Waals surface area contributed by atoms with Crippen molar-refractivity contribution in [1.29, 1.82) is 0 Å². The molecule has 2 amide bonds. The van der Waals surface area contributed by atoms with E-state index in [2.05, 4.69) is 24.3 Å². The van der Waals surface area contributed by atoms with Crippen LogP contribution in [0.3, 0.4) is 0 Å². The molecule has 24 heavy (non-hydrogen) atoms. The van der Waals surface area contributed by atoms with Gasteiger partial charge in [-0.15, -0.1) is 0 Å². The van der Waals surface area contributed by atoms with Crippen LogP contribution in [0, 0.1) is 0 Å². The maximum atomic E-state index is 12.7. The Kier molecular flexibility index (Phi) is 4.06. The van der Waals surface area contributed by atoms with Crippen LogP contribution in [0.25, 0.3) is 0 Å². The van der Waals surface area contributed by atoms with E-state index in [0.29, 0.717) is 13.1 Å². The summed E-state index contributed by atoms with van der Waals surface area (Å²) in [4.78, 5) is 27.2. The summed E-state index contributed by atoms with van der Waals surface area (Å²) in [7, 11) is 1.58. The van der Waals surface area contributed by atoms with Crippen LogP contribution in [-0.4, -0.2) is 52.6 Å². The van der Waals surface area contributed by atoms with Crippen molar-refractivity contribution in [2.75, 3.05) is 20.1 Å². The van der Waals surface area contributed by atoms with Gasteiger partial charge in [-0.2, -0.15) is 0 Å². The molecular formula is C19H26N2O3. The van der Waals surface area contributed by atoms with E-state index in [1.54, 1.807) is 25.8 Å². The Balaban J connectivity index is 1.70. The third kappa shape index (κ3) is 2.56. The number of carbonyl (C=O) groups is 2. The number of hydrogen-bond acceptors (Lipinski definition) is 2. The highest BCUT2D eigenvalue weighted by Gasteiger charge is 2.43. The van der Waals surface area contributed by atoms with Crippen LogP contribution in [0.15, 0.2) is 24.3 Å². The van der Waals surface area contributed by atoms with Crippen LogP contribution in [0.5, 0.6) is 0 Å². The van der Waals surface area contributed by atoms with Crippen molar-refractivity contribution in [2.24, 2.45) is 0 Å². The SMILES string of the molecule is CN(C(=O)N1CCC2(CCc3ccccc32)CC1)C(C)(C)C(=O)O. The third-order valence-electron chi connectivity index (χ3n) is 6.10. The van der Waals surface area contributed by atoms with E-state index in [-0.39, 0.29) is 11.4 Å². The minimum absolute atomic E-state index is 0.191. The van der Waals surface area contributed by atoms with Gasteiger partial charge in [0, 0.05) is 20.1 Å². The molecule has 1 heterocycles. The maximum Gasteiger partial charge on any atom is 0.329 e. The molecule has 5 heteroatoms. The van der Waals surface area contributed by atoms with Crippen molar-refractivity contribution in [1.82, 2.24) is 9.80 Å². The molecule has 0 saturated carbocycles. The number of carbonyl (C=O) groups excluding carboxylic acids is 1. The molecule has 5 nitrogen and oxygen atoms in total. The number of piperidine rings is 1. The average Bonchev–Trinajstić information content (AvgIpc) is 2.93. The smallest absolute Gasteiger partial charge is 0.329 e. The first kappa shape index (κ1) is 16.8. The monoisotopic (exact) mass is 330 g/mol. The lowest BCUT2D eigenvalue weighted by atomic mass is 9.74. The molecule has 0 unspecified atom stereocenters. The molecule has 1 spiro atoms. The van der Waals surface area contributed by atoms with Gasteiger partial charge in [-0.1, -0.05) is 24.3 Å². The second-order valence-corrected chi connectivity index (χ2v) is 7.63. The van der Waals surface area contributed by atoms with Crippen LogP contribution in [0.2, 0.25) is 0 Å². The fraction of sp³-hybridized carbons (Fsp3) is 0.579. The van der Waals surface area contributed by atoms with Gasteiger partial charge in [0.1, 0.15) is 5.54 Å². The van der Waals surface area contributed by atoms with E-state index in [4.69, 9.17) is 0 Å². The Bertz CT molecular complexity index is 660. The maximum absolute atomic E-state index is 12.7. The van der Waals surface area contributed by atoms with E-state index in [1.165, 1.54) is 16.0 Å². The Morgan fingerprint density at radius 2 is 1.79 bits per heavy atom. The highest BCUT2D eigenvalue weighted by Crippen LogP contribution is 2.46. The van der Waals surface area contributed by atoms with Gasteiger partial charge in [-0.05, 0) is 56.1 Å². The molecule has 0 bridgehead atoms. The zero-order valence-electron chi connectivity index (χ0n) is 14.7. The standard InChI is InChI=1S/C19H26N2O3/c1-18(2,16(22)23)20(3)17(24)21-12-10-19(11-13-21)9-8-14-6-4-5-7-15(14)19/h4-7H,8-13H2,1-3H3,(H,22,23). The van der Waals surface area contributed by atoms with Crippen molar-refractivity contribution < 1.29 is 14.7 Å².